The van der Waals surface area contributed by atoms with E-state index in [1.165, 1.54) is 11.8 Å². The van der Waals surface area contributed by atoms with E-state index in [4.69, 9.17) is 27.9 Å². The molecule has 6 nitrogen and oxygen atoms in total. The molecule has 0 aliphatic carbocycles. The van der Waals surface area contributed by atoms with E-state index in [0.717, 1.165) is 11.3 Å². The molecule has 0 aliphatic rings. The predicted molar refractivity (Wildman–Crippen MR) is 123 cm³/mol. The van der Waals surface area contributed by atoms with Gasteiger partial charge in [0.05, 0.1) is 23.1 Å². The van der Waals surface area contributed by atoms with Crippen LogP contribution in [0.2, 0.25) is 10.0 Å². The van der Waals surface area contributed by atoms with Gasteiger partial charge in [-0.2, -0.15) is 0 Å². The van der Waals surface area contributed by atoms with E-state index in [9.17, 15) is 4.79 Å². The fraction of sp³-hybridized carbons (Fsp3) is 0.190. The number of aromatic nitrogens is 3. The minimum atomic E-state index is -0.222. The van der Waals surface area contributed by atoms with Crippen molar-refractivity contribution in [1.29, 1.82) is 0 Å². The average Bonchev–Trinajstić information content (AvgIpc) is 3.13. The lowest BCUT2D eigenvalue weighted by Crippen LogP contribution is -2.15. The van der Waals surface area contributed by atoms with Crippen LogP contribution in [-0.4, -0.2) is 33.0 Å². The summed E-state index contributed by atoms with van der Waals surface area (Å²) in [6, 6.07) is 12.5. The number of rotatable bonds is 9. The summed E-state index contributed by atoms with van der Waals surface area (Å²) in [6.07, 6.45) is 1.76. The van der Waals surface area contributed by atoms with E-state index >= 15 is 0 Å². The summed E-state index contributed by atoms with van der Waals surface area (Å²) < 4.78 is 7.39. The molecule has 0 fully saturated rings. The molecule has 1 heterocycles. The van der Waals surface area contributed by atoms with Gasteiger partial charge in [0.25, 0.3) is 0 Å². The molecule has 3 aromatic rings. The largest absolute Gasteiger partial charge is 0.494 e. The molecule has 1 N–H and O–H groups in total. The summed E-state index contributed by atoms with van der Waals surface area (Å²) >= 11 is 13.3. The van der Waals surface area contributed by atoms with Crippen molar-refractivity contribution >= 4 is 46.6 Å². The standard InChI is InChI=1S/C21H20Cl2N4O2S/c1-3-11-27-20(14-5-8-16(9-6-14)29-4-2)25-26-21(27)30-13-19(28)24-18-12-15(22)7-10-17(18)23/h3,5-10,12H,1,4,11,13H2,2H3,(H,24,28). The highest BCUT2D eigenvalue weighted by Gasteiger charge is 2.16. The van der Waals surface area contributed by atoms with E-state index in [-0.39, 0.29) is 11.7 Å². The Morgan fingerprint density at radius 1 is 1.23 bits per heavy atom. The first-order valence-electron chi connectivity index (χ1n) is 9.16. The van der Waals surface area contributed by atoms with Gasteiger partial charge in [-0.3, -0.25) is 9.36 Å². The summed E-state index contributed by atoms with van der Waals surface area (Å²) in [6.45, 7) is 6.87. The summed E-state index contributed by atoms with van der Waals surface area (Å²) in [5.41, 5.74) is 1.37. The van der Waals surface area contributed by atoms with Crippen LogP contribution < -0.4 is 10.1 Å². The maximum absolute atomic E-state index is 12.4. The van der Waals surface area contributed by atoms with Crippen LogP contribution in [0.1, 0.15) is 6.92 Å². The molecule has 0 unspecified atom stereocenters. The number of carbonyl (C=O) groups is 1. The van der Waals surface area contributed by atoms with E-state index in [0.29, 0.717) is 39.9 Å². The molecule has 0 saturated heterocycles. The van der Waals surface area contributed by atoms with Crippen LogP contribution >= 0.6 is 35.0 Å². The van der Waals surface area contributed by atoms with Crippen molar-refractivity contribution in [3.63, 3.8) is 0 Å². The zero-order valence-corrected chi connectivity index (χ0v) is 18.6. The van der Waals surface area contributed by atoms with Crippen molar-refractivity contribution in [3.8, 4) is 17.1 Å². The van der Waals surface area contributed by atoms with Crippen LogP contribution in [0.25, 0.3) is 11.4 Å². The van der Waals surface area contributed by atoms with Crippen LogP contribution in [0.5, 0.6) is 5.75 Å². The molecule has 0 bridgehead atoms. The number of ether oxygens (including phenoxy) is 1. The molecule has 0 aliphatic heterocycles. The third-order valence-electron chi connectivity index (χ3n) is 3.99. The topological polar surface area (TPSA) is 69.0 Å². The number of anilines is 1. The van der Waals surface area contributed by atoms with Crippen LogP contribution in [0.15, 0.2) is 60.3 Å². The summed E-state index contributed by atoms with van der Waals surface area (Å²) in [7, 11) is 0. The number of thioether (sulfide) groups is 1. The van der Waals surface area contributed by atoms with Crippen LogP contribution in [-0.2, 0) is 11.3 Å². The average molecular weight is 463 g/mol. The smallest absolute Gasteiger partial charge is 0.234 e. The van der Waals surface area contributed by atoms with Gasteiger partial charge in [-0.05, 0) is 49.4 Å². The highest BCUT2D eigenvalue weighted by atomic mass is 35.5. The number of hydrogen-bond donors (Lipinski definition) is 1. The van der Waals surface area contributed by atoms with Crippen LogP contribution in [0.3, 0.4) is 0 Å². The van der Waals surface area contributed by atoms with Gasteiger partial charge in [-0.25, -0.2) is 0 Å². The molecule has 0 atom stereocenters. The third kappa shape index (κ3) is 5.56. The molecule has 0 radical (unpaired) electrons. The van der Waals surface area contributed by atoms with E-state index in [1.807, 2.05) is 35.8 Å². The first-order chi connectivity index (χ1) is 14.5. The summed E-state index contributed by atoms with van der Waals surface area (Å²) in [4.78, 5) is 12.4. The number of benzene rings is 2. The normalized spacial score (nSPS) is 10.6. The highest BCUT2D eigenvalue weighted by Crippen LogP contribution is 2.28. The van der Waals surface area contributed by atoms with Crippen molar-refractivity contribution in [2.24, 2.45) is 0 Å². The molecule has 156 valence electrons. The van der Waals surface area contributed by atoms with Crippen molar-refractivity contribution in [2.75, 3.05) is 17.7 Å². The lowest BCUT2D eigenvalue weighted by atomic mass is 10.2. The maximum Gasteiger partial charge on any atom is 0.234 e. The Morgan fingerprint density at radius 2 is 2.00 bits per heavy atom. The van der Waals surface area contributed by atoms with Gasteiger partial charge in [-0.1, -0.05) is 41.0 Å². The first kappa shape index (κ1) is 22.2. The van der Waals surface area contributed by atoms with Crippen molar-refractivity contribution in [3.05, 3.63) is 65.2 Å². The number of hydrogen-bond acceptors (Lipinski definition) is 5. The van der Waals surface area contributed by atoms with Crippen molar-refractivity contribution in [2.45, 2.75) is 18.6 Å². The number of halogens is 2. The third-order valence-corrected chi connectivity index (χ3v) is 5.52. The lowest BCUT2D eigenvalue weighted by molar-refractivity contribution is -0.113. The minimum absolute atomic E-state index is 0.140. The minimum Gasteiger partial charge on any atom is -0.494 e. The number of carbonyl (C=O) groups excluding carboxylic acids is 1. The van der Waals surface area contributed by atoms with Gasteiger partial charge in [0.2, 0.25) is 5.91 Å². The Balaban J connectivity index is 1.72. The Hall–Kier alpha value is -2.48. The molecule has 1 amide bonds. The zero-order chi connectivity index (χ0) is 21.5. The van der Waals surface area contributed by atoms with Gasteiger partial charge in [0.15, 0.2) is 11.0 Å². The van der Waals surface area contributed by atoms with Gasteiger partial charge in [0, 0.05) is 17.1 Å². The summed E-state index contributed by atoms with van der Waals surface area (Å²) in [5.74, 6) is 1.40. The van der Waals surface area contributed by atoms with Crippen molar-refractivity contribution < 1.29 is 9.53 Å². The summed E-state index contributed by atoms with van der Waals surface area (Å²) in [5, 5.41) is 12.8. The second-order valence-corrected chi connectivity index (χ2v) is 7.91. The van der Waals surface area contributed by atoms with Crippen LogP contribution in [0, 0.1) is 0 Å². The number of amides is 1. The number of nitrogens with one attached hydrogen (secondary N) is 1. The SMILES string of the molecule is C=CCn1c(SCC(=O)Nc2cc(Cl)ccc2Cl)nnc1-c1ccc(OCC)cc1. The molecule has 9 heteroatoms. The van der Waals surface area contributed by atoms with Gasteiger partial charge < -0.3 is 10.1 Å². The van der Waals surface area contributed by atoms with Gasteiger partial charge in [0.1, 0.15) is 5.75 Å². The van der Waals surface area contributed by atoms with Gasteiger partial charge in [-0.15, -0.1) is 16.8 Å². The predicted octanol–water partition coefficient (Wildman–Crippen LogP) is 5.57. The Kier molecular flexibility index (Phi) is 7.79. The van der Waals surface area contributed by atoms with Gasteiger partial charge >= 0.3 is 0 Å². The second kappa shape index (κ2) is 10.5. The monoisotopic (exact) mass is 462 g/mol. The molecular formula is C21H20Cl2N4O2S. The molecule has 2 aromatic carbocycles. The van der Waals surface area contributed by atoms with E-state index < -0.39 is 0 Å². The Labute approximate surface area is 189 Å². The van der Waals surface area contributed by atoms with Crippen LogP contribution in [0.4, 0.5) is 5.69 Å². The zero-order valence-electron chi connectivity index (χ0n) is 16.3. The van der Waals surface area contributed by atoms with Crippen molar-refractivity contribution in [1.82, 2.24) is 14.8 Å². The van der Waals surface area contributed by atoms with E-state index in [1.54, 1.807) is 24.3 Å². The molecule has 3 rings (SSSR count). The fourth-order valence-corrected chi connectivity index (χ4v) is 3.76. The second-order valence-electron chi connectivity index (χ2n) is 6.12. The maximum atomic E-state index is 12.4. The number of allylic oxidation sites excluding steroid dienone is 1. The Morgan fingerprint density at radius 3 is 2.70 bits per heavy atom. The lowest BCUT2D eigenvalue weighted by Gasteiger charge is -2.09. The Bertz CT molecular complexity index is 1040. The highest BCUT2D eigenvalue weighted by molar-refractivity contribution is 7.99. The molecule has 0 spiro atoms. The molecular weight excluding hydrogens is 443 g/mol. The first-order valence-corrected chi connectivity index (χ1v) is 10.9. The molecule has 1 aromatic heterocycles. The fourth-order valence-electron chi connectivity index (χ4n) is 2.68. The molecule has 30 heavy (non-hydrogen) atoms. The van der Waals surface area contributed by atoms with E-state index in [2.05, 4.69) is 22.1 Å². The molecule has 0 saturated carbocycles. The quantitative estimate of drug-likeness (QED) is 0.332. The number of nitrogens with zero attached hydrogens (tertiary/aromatic N) is 3.